The first-order chi connectivity index (χ1) is 9.20. The summed E-state index contributed by atoms with van der Waals surface area (Å²) in [5.74, 6) is 5.29. The van der Waals surface area contributed by atoms with Crippen LogP contribution in [-0.2, 0) is 0 Å². The highest BCUT2D eigenvalue weighted by atomic mass is 16.6. The van der Waals surface area contributed by atoms with Crippen LogP contribution in [0.25, 0.3) is 0 Å². The molecule has 0 aliphatic carbocycles. The number of nitrogen functional groups attached to an aromatic ring is 1. The number of nitrogens with two attached hydrogens (primary N) is 1. The van der Waals surface area contributed by atoms with Crippen LogP contribution in [0.15, 0.2) is 6.33 Å². The molecule has 0 radical (unpaired) electrons. The van der Waals surface area contributed by atoms with Crippen molar-refractivity contribution < 1.29 is 10.0 Å². The molecule has 0 fully saturated rings. The summed E-state index contributed by atoms with van der Waals surface area (Å²) in [5, 5.41) is 22.5. The fourth-order valence-electron chi connectivity index (χ4n) is 1.58. The lowest BCUT2D eigenvalue weighted by molar-refractivity contribution is -0.383. The Balaban J connectivity index is 2.55. The monoisotopic (exact) mass is 270 g/mol. The zero-order valence-electron chi connectivity index (χ0n) is 10.5. The Bertz CT molecular complexity index is 414. The largest absolute Gasteiger partial charge is 0.396 e. The molecule has 0 aliphatic heterocycles. The Morgan fingerprint density at radius 1 is 1.26 bits per heavy atom. The molecule has 19 heavy (non-hydrogen) atoms. The zero-order chi connectivity index (χ0) is 14.1. The van der Waals surface area contributed by atoms with E-state index >= 15 is 0 Å². The summed E-state index contributed by atoms with van der Waals surface area (Å²) in [5.41, 5.74) is 1.91. The van der Waals surface area contributed by atoms with E-state index in [1.807, 2.05) is 0 Å². The van der Waals surface area contributed by atoms with E-state index < -0.39 is 4.92 Å². The molecule has 0 bridgehead atoms. The van der Waals surface area contributed by atoms with Crippen molar-refractivity contribution in [2.24, 2.45) is 5.84 Å². The van der Waals surface area contributed by atoms with Crippen LogP contribution in [0, 0.1) is 10.1 Å². The second kappa shape index (κ2) is 8.16. The van der Waals surface area contributed by atoms with Crippen molar-refractivity contribution in [2.75, 3.05) is 23.9 Å². The van der Waals surface area contributed by atoms with Gasteiger partial charge in [0.25, 0.3) is 0 Å². The normalized spacial score (nSPS) is 10.2. The summed E-state index contributed by atoms with van der Waals surface area (Å²) < 4.78 is 0. The molecule has 1 aromatic heterocycles. The van der Waals surface area contributed by atoms with Gasteiger partial charge in [-0.15, -0.1) is 0 Å². The minimum atomic E-state index is -0.580. The predicted octanol–water partition coefficient (Wildman–Crippen LogP) is 0.635. The van der Waals surface area contributed by atoms with Gasteiger partial charge in [0.15, 0.2) is 0 Å². The maximum absolute atomic E-state index is 10.9. The van der Waals surface area contributed by atoms with E-state index in [4.69, 9.17) is 10.9 Å². The number of unbranched alkanes of at least 4 members (excludes halogenated alkanes) is 3. The van der Waals surface area contributed by atoms with Crippen LogP contribution in [-0.4, -0.2) is 33.1 Å². The van der Waals surface area contributed by atoms with Crippen LogP contribution in [0.4, 0.5) is 17.3 Å². The number of nitrogens with zero attached hydrogens (tertiary/aromatic N) is 3. The molecule has 1 rings (SSSR count). The first-order valence-corrected chi connectivity index (χ1v) is 6.01. The Kier molecular flexibility index (Phi) is 6.47. The van der Waals surface area contributed by atoms with Gasteiger partial charge in [0, 0.05) is 13.2 Å². The van der Waals surface area contributed by atoms with Crippen LogP contribution in [0.3, 0.4) is 0 Å². The van der Waals surface area contributed by atoms with Gasteiger partial charge in [-0.3, -0.25) is 10.1 Å². The second-order valence-electron chi connectivity index (χ2n) is 3.89. The quantitative estimate of drug-likeness (QED) is 0.222. The number of nitrogens with one attached hydrogen (secondary N) is 2. The minimum absolute atomic E-state index is 0.0252. The Labute approximate surface area is 110 Å². The zero-order valence-corrected chi connectivity index (χ0v) is 10.5. The van der Waals surface area contributed by atoms with Crippen LogP contribution >= 0.6 is 0 Å². The highest BCUT2D eigenvalue weighted by molar-refractivity contribution is 5.68. The van der Waals surface area contributed by atoms with Gasteiger partial charge >= 0.3 is 5.69 Å². The molecule has 9 nitrogen and oxygen atoms in total. The number of nitro groups is 1. The highest BCUT2D eigenvalue weighted by Crippen LogP contribution is 2.27. The maximum atomic E-state index is 10.9. The van der Waals surface area contributed by atoms with Crippen LogP contribution in [0.1, 0.15) is 25.7 Å². The molecule has 9 heteroatoms. The summed E-state index contributed by atoms with van der Waals surface area (Å²) in [7, 11) is 0. The molecule has 0 aromatic carbocycles. The number of hydrazine groups is 1. The molecule has 0 saturated heterocycles. The maximum Gasteiger partial charge on any atom is 0.354 e. The van der Waals surface area contributed by atoms with Crippen LogP contribution < -0.4 is 16.6 Å². The van der Waals surface area contributed by atoms with Crippen molar-refractivity contribution in [3.63, 3.8) is 0 Å². The van der Waals surface area contributed by atoms with Crippen molar-refractivity contribution >= 4 is 17.3 Å². The SMILES string of the molecule is NNc1ncnc(NCCCCCCO)c1[N+](=O)[O-]. The standard InChI is InChI=1S/C10H18N6O3/c11-15-10-8(16(18)19)9(13-7-14-10)12-5-3-1-2-4-6-17/h7,17H,1-6,11H2,(H2,12,13,14,15). The number of aromatic nitrogens is 2. The fraction of sp³-hybridized carbons (Fsp3) is 0.600. The second-order valence-corrected chi connectivity index (χ2v) is 3.89. The lowest BCUT2D eigenvalue weighted by atomic mass is 10.2. The summed E-state index contributed by atoms with van der Waals surface area (Å²) in [6, 6.07) is 0. The van der Waals surface area contributed by atoms with Gasteiger partial charge in [-0.2, -0.15) is 0 Å². The van der Waals surface area contributed by atoms with E-state index in [1.54, 1.807) is 0 Å². The van der Waals surface area contributed by atoms with Gasteiger partial charge in [-0.05, 0) is 12.8 Å². The molecule has 1 aromatic rings. The third-order valence-electron chi connectivity index (χ3n) is 2.52. The highest BCUT2D eigenvalue weighted by Gasteiger charge is 2.21. The van der Waals surface area contributed by atoms with Gasteiger partial charge < -0.3 is 15.8 Å². The molecule has 1 heterocycles. The Hall–Kier alpha value is -2.00. The first kappa shape index (κ1) is 15.1. The van der Waals surface area contributed by atoms with E-state index in [1.165, 1.54) is 6.33 Å². The summed E-state index contributed by atoms with van der Waals surface area (Å²) >= 11 is 0. The molecular formula is C10H18N6O3. The van der Waals surface area contributed by atoms with E-state index in [9.17, 15) is 10.1 Å². The van der Waals surface area contributed by atoms with Gasteiger partial charge in [0.05, 0.1) is 4.92 Å². The predicted molar refractivity (Wildman–Crippen MR) is 70.5 cm³/mol. The molecule has 0 saturated carbocycles. The van der Waals surface area contributed by atoms with Gasteiger partial charge in [-0.25, -0.2) is 15.8 Å². The van der Waals surface area contributed by atoms with E-state index in [2.05, 4.69) is 20.7 Å². The van der Waals surface area contributed by atoms with Crippen LogP contribution in [0.2, 0.25) is 0 Å². The summed E-state index contributed by atoms with van der Waals surface area (Å²) in [6.07, 6.45) is 4.69. The molecule has 0 amide bonds. The molecule has 0 unspecified atom stereocenters. The topological polar surface area (TPSA) is 139 Å². The number of hydrogen-bond acceptors (Lipinski definition) is 8. The summed E-state index contributed by atoms with van der Waals surface area (Å²) in [6.45, 7) is 0.754. The smallest absolute Gasteiger partial charge is 0.354 e. The molecule has 0 atom stereocenters. The lowest BCUT2D eigenvalue weighted by Crippen LogP contribution is -2.14. The molecule has 0 spiro atoms. The van der Waals surface area contributed by atoms with Gasteiger partial charge in [-0.1, -0.05) is 12.8 Å². The van der Waals surface area contributed by atoms with Crippen molar-refractivity contribution in [1.29, 1.82) is 0 Å². The first-order valence-electron chi connectivity index (χ1n) is 6.01. The molecule has 106 valence electrons. The number of rotatable bonds is 9. The van der Waals surface area contributed by atoms with Crippen molar-refractivity contribution in [3.8, 4) is 0 Å². The van der Waals surface area contributed by atoms with E-state index in [0.717, 1.165) is 25.7 Å². The third-order valence-corrected chi connectivity index (χ3v) is 2.52. The average Bonchev–Trinajstić information content (AvgIpc) is 2.42. The van der Waals surface area contributed by atoms with Crippen molar-refractivity contribution in [1.82, 2.24) is 9.97 Å². The molecule has 0 aliphatic rings. The van der Waals surface area contributed by atoms with Gasteiger partial charge in [0.2, 0.25) is 11.6 Å². The Morgan fingerprint density at radius 3 is 2.58 bits per heavy atom. The van der Waals surface area contributed by atoms with Crippen LogP contribution in [0.5, 0.6) is 0 Å². The number of aliphatic hydroxyl groups is 1. The number of anilines is 2. The van der Waals surface area contributed by atoms with Crippen molar-refractivity contribution in [2.45, 2.75) is 25.7 Å². The molecule has 5 N–H and O–H groups in total. The number of hydrogen-bond donors (Lipinski definition) is 4. The average molecular weight is 270 g/mol. The third kappa shape index (κ3) is 4.64. The van der Waals surface area contributed by atoms with E-state index in [0.29, 0.717) is 6.54 Å². The lowest BCUT2D eigenvalue weighted by Gasteiger charge is -2.07. The fourth-order valence-corrected chi connectivity index (χ4v) is 1.58. The van der Waals surface area contributed by atoms with E-state index in [-0.39, 0.29) is 23.9 Å². The Morgan fingerprint density at radius 2 is 1.95 bits per heavy atom. The minimum Gasteiger partial charge on any atom is -0.396 e. The van der Waals surface area contributed by atoms with Gasteiger partial charge in [0.1, 0.15) is 6.33 Å². The molecular weight excluding hydrogens is 252 g/mol. The summed E-state index contributed by atoms with van der Waals surface area (Å²) in [4.78, 5) is 17.9. The number of aliphatic hydroxyl groups excluding tert-OH is 1. The van der Waals surface area contributed by atoms with Crippen molar-refractivity contribution in [3.05, 3.63) is 16.4 Å².